The van der Waals surface area contributed by atoms with Crippen LogP contribution >= 0.6 is 0 Å². The highest BCUT2D eigenvalue weighted by molar-refractivity contribution is 5.95. The highest BCUT2D eigenvalue weighted by atomic mass is 16.6. The van der Waals surface area contributed by atoms with E-state index in [-0.39, 0.29) is 24.3 Å². The van der Waals surface area contributed by atoms with Crippen LogP contribution in [0.25, 0.3) is 0 Å². The third-order valence-electron chi connectivity index (χ3n) is 4.94. The van der Waals surface area contributed by atoms with Crippen LogP contribution in [0.3, 0.4) is 0 Å². The molecule has 1 aliphatic heterocycles. The Bertz CT molecular complexity index is 804. The van der Waals surface area contributed by atoms with Crippen LogP contribution in [-0.2, 0) is 11.2 Å². The van der Waals surface area contributed by atoms with E-state index in [0.29, 0.717) is 13.2 Å². The first-order valence-corrected chi connectivity index (χ1v) is 9.15. The van der Waals surface area contributed by atoms with Gasteiger partial charge in [-0.2, -0.15) is 0 Å². The second-order valence-corrected chi connectivity index (χ2v) is 6.87. The van der Waals surface area contributed by atoms with Crippen molar-refractivity contribution in [1.82, 2.24) is 0 Å². The van der Waals surface area contributed by atoms with Crippen molar-refractivity contribution in [1.29, 1.82) is 0 Å². The topological polar surface area (TPSA) is 67.8 Å². The number of carbonyl (C=O) groups excluding carboxylic acids is 1. The number of benzene rings is 2. The lowest BCUT2D eigenvalue weighted by molar-refractivity contribution is -0.117. The minimum atomic E-state index is -0.00124. The van der Waals surface area contributed by atoms with E-state index in [1.54, 1.807) is 0 Å². The van der Waals surface area contributed by atoms with Gasteiger partial charge in [0.15, 0.2) is 11.5 Å². The first-order chi connectivity index (χ1) is 12.7. The van der Waals surface area contributed by atoms with Gasteiger partial charge in [-0.25, -0.2) is 0 Å². The van der Waals surface area contributed by atoms with E-state index in [9.17, 15) is 4.79 Å². The van der Waals surface area contributed by atoms with Crippen LogP contribution in [0.5, 0.6) is 11.5 Å². The molecule has 4 rings (SSSR count). The number of fused-ring (bicyclic) bond motifs is 1. The molecule has 0 unspecified atom stereocenters. The summed E-state index contributed by atoms with van der Waals surface area (Å²) in [7, 11) is 0. The number of hydrogen-bond acceptors (Lipinski definition) is 4. The summed E-state index contributed by atoms with van der Waals surface area (Å²) in [4.78, 5) is 12.6. The van der Waals surface area contributed by atoms with Gasteiger partial charge in [-0.3, -0.25) is 4.79 Å². The minimum absolute atomic E-state index is 0.00124. The van der Waals surface area contributed by atoms with Gasteiger partial charge >= 0.3 is 0 Å². The number of hydrogen-bond donors (Lipinski definition) is 2. The summed E-state index contributed by atoms with van der Waals surface area (Å²) in [6.07, 6.45) is 2.39. The smallest absolute Gasteiger partial charge is 0.228 e. The van der Waals surface area contributed by atoms with Gasteiger partial charge in [0.2, 0.25) is 5.91 Å². The molecule has 1 fully saturated rings. The second kappa shape index (κ2) is 7.38. The van der Waals surface area contributed by atoms with Crippen molar-refractivity contribution in [3.05, 3.63) is 53.6 Å². The molecule has 2 aliphatic rings. The predicted octanol–water partition coefficient (Wildman–Crippen LogP) is 3.12. The molecule has 5 heteroatoms. The Labute approximate surface area is 152 Å². The fraction of sp³-hybridized carbons (Fsp3) is 0.381. The van der Waals surface area contributed by atoms with Crippen LogP contribution < -0.4 is 14.8 Å². The molecule has 0 spiro atoms. The van der Waals surface area contributed by atoms with Gasteiger partial charge in [0, 0.05) is 18.2 Å². The van der Waals surface area contributed by atoms with E-state index in [0.717, 1.165) is 47.6 Å². The van der Waals surface area contributed by atoms with Gasteiger partial charge in [-0.1, -0.05) is 18.2 Å². The third kappa shape index (κ3) is 3.68. The molecular weight excluding hydrogens is 330 g/mol. The molecule has 5 nitrogen and oxygen atoms in total. The Morgan fingerprint density at radius 2 is 1.96 bits per heavy atom. The molecule has 2 aromatic rings. The third-order valence-corrected chi connectivity index (χ3v) is 4.94. The number of ether oxygens (including phenoxy) is 2. The Morgan fingerprint density at radius 1 is 1.12 bits per heavy atom. The normalized spacial score (nSPS) is 20.5. The zero-order valence-corrected chi connectivity index (χ0v) is 14.6. The Morgan fingerprint density at radius 3 is 2.81 bits per heavy atom. The van der Waals surface area contributed by atoms with Gasteiger partial charge < -0.3 is 19.9 Å². The number of nitrogens with one attached hydrogen (secondary N) is 1. The second-order valence-electron chi connectivity index (χ2n) is 6.87. The van der Waals surface area contributed by atoms with E-state index in [4.69, 9.17) is 14.6 Å². The summed E-state index contributed by atoms with van der Waals surface area (Å²) in [5.74, 6) is 1.85. The van der Waals surface area contributed by atoms with Crippen LogP contribution in [0.2, 0.25) is 0 Å². The molecule has 1 heterocycles. The summed E-state index contributed by atoms with van der Waals surface area (Å²) in [5.41, 5.74) is 3.07. The molecule has 1 saturated carbocycles. The quantitative estimate of drug-likeness (QED) is 0.837. The van der Waals surface area contributed by atoms with Crippen LogP contribution in [0.1, 0.15) is 29.9 Å². The minimum Gasteiger partial charge on any atom is -0.486 e. The molecule has 136 valence electrons. The standard InChI is InChI=1S/C21H23NO4/c23-8-2-4-14-3-1-5-16(11-14)22-21(24)18-13-17(18)15-6-7-19-20(12-15)26-10-9-25-19/h1,3,5-7,11-12,17-18,23H,2,4,8-10,13H2,(H,22,24)/t17-,18-/m1/s1. The molecule has 26 heavy (non-hydrogen) atoms. The number of carbonyl (C=O) groups is 1. The van der Waals surface area contributed by atoms with Crippen LogP contribution in [0.15, 0.2) is 42.5 Å². The predicted molar refractivity (Wildman–Crippen MR) is 98.8 cm³/mol. The number of anilines is 1. The SMILES string of the molecule is O=C(Nc1cccc(CCCO)c1)[C@@H]1C[C@@H]1c1ccc2c(c1)OCCO2. The van der Waals surface area contributed by atoms with Gasteiger partial charge in [-0.05, 0) is 60.6 Å². The number of aliphatic hydroxyl groups excluding tert-OH is 1. The van der Waals surface area contributed by atoms with Crippen molar-refractivity contribution in [2.24, 2.45) is 5.92 Å². The number of aryl methyl sites for hydroxylation is 1. The Kier molecular flexibility index (Phi) is 4.80. The van der Waals surface area contributed by atoms with Gasteiger partial charge in [-0.15, -0.1) is 0 Å². The van der Waals surface area contributed by atoms with Crippen LogP contribution in [0, 0.1) is 5.92 Å². The zero-order valence-electron chi connectivity index (χ0n) is 14.6. The monoisotopic (exact) mass is 353 g/mol. The fourth-order valence-electron chi connectivity index (χ4n) is 3.47. The van der Waals surface area contributed by atoms with Crippen LogP contribution in [-0.4, -0.2) is 30.8 Å². The molecule has 1 amide bonds. The lowest BCUT2D eigenvalue weighted by Gasteiger charge is -2.18. The summed E-state index contributed by atoms with van der Waals surface area (Å²) in [5, 5.41) is 12.0. The van der Waals surface area contributed by atoms with Gasteiger partial charge in [0.05, 0.1) is 0 Å². The molecule has 2 aromatic carbocycles. The summed E-state index contributed by atoms with van der Waals surface area (Å²) >= 11 is 0. The van der Waals surface area contributed by atoms with Crippen molar-refractivity contribution in [3.8, 4) is 11.5 Å². The zero-order chi connectivity index (χ0) is 17.9. The van der Waals surface area contributed by atoms with Crippen molar-refractivity contribution in [2.75, 3.05) is 25.1 Å². The molecule has 0 saturated heterocycles. The Hall–Kier alpha value is -2.53. The maximum absolute atomic E-state index is 12.6. The van der Waals surface area contributed by atoms with Crippen molar-refractivity contribution >= 4 is 11.6 Å². The fourth-order valence-corrected chi connectivity index (χ4v) is 3.47. The molecular formula is C21H23NO4. The van der Waals surface area contributed by atoms with Crippen molar-refractivity contribution in [3.63, 3.8) is 0 Å². The van der Waals surface area contributed by atoms with E-state index in [1.165, 1.54) is 0 Å². The average Bonchev–Trinajstić information content (AvgIpc) is 3.47. The van der Waals surface area contributed by atoms with E-state index in [1.807, 2.05) is 42.5 Å². The molecule has 1 aliphatic carbocycles. The van der Waals surface area contributed by atoms with Gasteiger partial charge in [0.1, 0.15) is 13.2 Å². The highest BCUT2D eigenvalue weighted by Gasteiger charge is 2.44. The first-order valence-electron chi connectivity index (χ1n) is 9.15. The highest BCUT2D eigenvalue weighted by Crippen LogP contribution is 2.49. The van der Waals surface area contributed by atoms with Gasteiger partial charge in [0.25, 0.3) is 0 Å². The number of rotatable bonds is 6. The lowest BCUT2D eigenvalue weighted by Crippen LogP contribution is -2.16. The van der Waals surface area contributed by atoms with Crippen LogP contribution in [0.4, 0.5) is 5.69 Å². The first kappa shape index (κ1) is 16.9. The summed E-state index contributed by atoms with van der Waals surface area (Å²) in [6.45, 7) is 1.33. The van der Waals surface area contributed by atoms with Crippen molar-refractivity contribution in [2.45, 2.75) is 25.2 Å². The molecule has 0 aromatic heterocycles. The molecule has 2 atom stereocenters. The molecule has 0 bridgehead atoms. The Balaban J connectivity index is 1.38. The lowest BCUT2D eigenvalue weighted by atomic mass is 10.1. The maximum atomic E-state index is 12.6. The largest absolute Gasteiger partial charge is 0.486 e. The number of amides is 1. The summed E-state index contributed by atoms with van der Waals surface area (Å²) < 4.78 is 11.2. The van der Waals surface area contributed by atoms with E-state index in [2.05, 4.69) is 5.32 Å². The van der Waals surface area contributed by atoms with E-state index < -0.39 is 0 Å². The van der Waals surface area contributed by atoms with E-state index >= 15 is 0 Å². The number of aliphatic hydroxyl groups is 1. The molecule has 0 radical (unpaired) electrons. The molecule has 2 N–H and O–H groups in total. The average molecular weight is 353 g/mol. The maximum Gasteiger partial charge on any atom is 0.228 e. The summed E-state index contributed by atoms with van der Waals surface area (Å²) in [6, 6.07) is 13.8. The van der Waals surface area contributed by atoms with Crippen molar-refractivity contribution < 1.29 is 19.4 Å².